The number of fused-ring (bicyclic) bond motifs is 1. The Morgan fingerprint density at radius 1 is 0.960 bits per heavy atom. The van der Waals surface area contributed by atoms with Gasteiger partial charge in [-0.05, 0) is 28.5 Å². The fourth-order valence-corrected chi connectivity index (χ4v) is 2.77. The number of carbonyl (C=O) groups is 2. The number of carboxylic acids is 1. The molecule has 0 aliphatic heterocycles. The number of amides is 1. The van der Waals surface area contributed by atoms with E-state index < -0.39 is 23.7 Å². The quantitative estimate of drug-likeness (QED) is 0.750. The molecular formula is C20H16FNO3. The maximum absolute atomic E-state index is 13.7. The first-order chi connectivity index (χ1) is 12.1. The Balaban J connectivity index is 1.86. The number of hydrogen-bond acceptors (Lipinski definition) is 2. The standard InChI is InChI=1S/C20H16FNO3/c21-17-11-4-3-10-16(17)19(23)22-18(20(24)25)12-14-8-5-7-13-6-1-2-9-15(13)14/h1-11,18H,12H2,(H,22,23)(H,24,25)/t18-/m0/s1. The monoisotopic (exact) mass is 337 g/mol. The minimum atomic E-state index is -1.17. The Labute approximate surface area is 143 Å². The Bertz CT molecular complexity index is 934. The molecule has 3 aromatic carbocycles. The third-order valence-electron chi connectivity index (χ3n) is 4.03. The zero-order valence-corrected chi connectivity index (χ0v) is 13.3. The zero-order valence-electron chi connectivity index (χ0n) is 13.3. The van der Waals surface area contributed by atoms with E-state index in [1.165, 1.54) is 18.2 Å². The van der Waals surface area contributed by atoms with Gasteiger partial charge < -0.3 is 10.4 Å². The van der Waals surface area contributed by atoms with Crippen LogP contribution in [0.25, 0.3) is 10.8 Å². The molecule has 0 spiro atoms. The average molecular weight is 337 g/mol. The molecule has 0 radical (unpaired) electrons. The highest BCUT2D eigenvalue weighted by Crippen LogP contribution is 2.20. The van der Waals surface area contributed by atoms with Crippen molar-refractivity contribution in [1.82, 2.24) is 5.32 Å². The summed E-state index contributed by atoms with van der Waals surface area (Å²) in [6.45, 7) is 0. The smallest absolute Gasteiger partial charge is 0.326 e. The third kappa shape index (κ3) is 3.66. The summed E-state index contributed by atoms with van der Waals surface area (Å²) in [5.74, 6) is -2.60. The van der Waals surface area contributed by atoms with Gasteiger partial charge in [0, 0.05) is 6.42 Å². The highest BCUT2D eigenvalue weighted by molar-refractivity contribution is 5.97. The lowest BCUT2D eigenvalue weighted by atomic mass is 9.98. The van der Waals surface area contributed by atoms with Gasteiger partial charge >= 0.3 is 5.97 Å². The van der Waals surface area contributed by atoms with Crippen LogP contribution in [-0.2, 0) is 11.2 Å². The predicted octanol–water partition coefficient (Wildman–Crippen LogP) is 3.40. The van der Waals surface area contributed by atoms with Gasteiger partial charge in [-0.1, -0.05) is 54.6 Å². The van der Waals surface area contributed by atoms with Crippen molar-refractivity contribution < 1.29 is 19.1 Å². The van der Waals surface area contributed by atoms with Crippen molar-refractivity contribution in [3.8, 4) is 0 Å². The second kappa shape index (κ2) is 7.13. The molecule has 2 N–H and O–H groups in total. The number of nitrogens with one attached hydrogen (secondary N) is 1. The fourth-order valence-electron chi connectivity index (χ4n) is 2.77. The van der Waals surface area contributed by atoms with Gasteiger partial charge in [-0.25, -0.2) is 9.18 Å². The molecule has 0 aromatic heterocycles. The number of rotatable bonds is 5. The second-order valence-corrected chi connectivity index (χ2v) is 5.69. The Morgan fingerprint density at radius 3 is 2.40 bits per heavy atom. The van der Waals surface area contributed by atoms with Crippen molar-refractivity contribution in [2.24, 2.45) is 0 Å². The number of hydrogen-bond donors (Lipinski definition) is 2. The Morgan fingerprint density at radius 2 is 1.64 bits per heavy atom. The molecular weight excluding hydrogens is 321 g/mol. The highest BCUT2D eigenvalue weighted by Gasteiger charge is 2.23. The summed E-state index contributed by atoms with van der Waals surface area (Å²) in [7, 11) is 0. The molecule has 4 nitrogen and oxygen atoms in total. The number of benzene rings is 3. The Kier molecular flexibility index (Phi) is 4.75. The van der Waals surface area contributed by atoms with E-state index in [1.54, 1.807) is 0 Å². The first kappa shape index (κ1) is 16.6. The van der Waals surface area contributed by atoms with Gasteiger partial charge in [0.25, 0.3) is 5.91 Å². The second-order valence-electron chi connectivity index (χ2n) is 5.69. The first-order valence-electron chi connectivity index (χ1n) is 7.81. The Hall–Kier alpha value is -3.21. The predicted molar refractivity (Wildman–Crippen MR) is 92.9 cm³/mol. The van der Waals surface area contributed by atoms with Crippen LogP contribution in [0.1, 0.15) is 15.9 Å². The SMILES string of the molecule is O=C(N[C@@H](Cc1cccc2ccccc12)C(=O)O)c1ccccc1F. The van der Waals surface area contributed by atoms with Crippen LogP contribution >= 0.6 is 0 Å². The van der Waals surface area contributed by atoms with Crippen LogP contribution in [0.2, 0.25) is 0 Å². The summed E-state index contributed by atoms with van der Waals surface area (Å²) >= 11 is 0. The van der Waals surface area contributed by atoms with E-state index in [1.807, 2.05) is 42.5 Å². The van der Waals surface area contributed by atoms with Gasteiger partial charge in [-0.3, -0.25) is 4.79 Å². The molecule has 1 amide bonds. The van der Waals surface area contributed by atoms with Gasteiger partial charge in [-0.2, -0.15) is 0 Å². The van der Waals surface area contributed by atoms with Gasteiger partial charge in [0.2, 0.25) is 0 Å². The zero-order chi connectivity index (χ0) is 17.8. The molecule has 0 fully saturated rings. The summed E-state index contributed by atoms with van der Waals surface area (Å²) in [6.07, 6.45) is 0.108. The molecule has 0 saturated heterocycles. The molecule has 0 bridgehead atoms. The summed E-state index contributed by atoms with van der Waals surface area (Å²) < 4.78 is 13.7. The van der Waals surface area contributed by atoms with Crippen molar-refractivity contribution in [3.05, 3.63) is 83.7 Å². The van der Waals surface area contributed by atoms with Crippen LogP contribution in [0.3, 0.4) is 0 Å². The van der Waals surface area contributed by atoms with E-state index in [4.69, 9.17) is 0 Å². The largest absolute Gasteiger partial charge is 0.480 e. The average Bonchev–Trinajstić information content (AvgIpc) is 2.61. The summed E-state index contributed by atoms with van der Waals surface area (Å²) in [5.41, 5.74) is 0.631. The number of aliphatic carboxylic acids is 1. The van der Waals surface area contributed by atoms with Gasteiger partial charge in [-0.15, -0.1) is 0 Å². The number of carboxylic acid groups (broad SMARTS) is 1. The summed E-state index contributed by atoms with van der Waals surface area (Å²) in [6, 6.07) is 17.6. The molecule has 0 unspecified atom stereocenters. The molecule has 3 aromatic rings. The summed E-state index contributed by atoms with van der Waals surface area (Å²) in [4.78, 5) is 23.8. The van der Waals surface area contributed by atoms with Gasteiger partial charge in [0.1, 0.15) is 11.9 Å². The number of halogens is 1. The van der Waals surface area contributed by atoms with Crippen molar-refractivity contribution >= 4 is 22.6 Å². The van der Waals surface area contributed by atoms with Crippen molar-refractivity contribution in [2.45, 2.75) is 12.5 Å². The van der Waals surface area contributed by atoms with Crippen LogP contribution in [0.4, 0.5) is 4.39 Å². The highest BCUT2D eigenvalue weighted by atomic mass is 19.1. The van der Waals surface area contributed by atoms with Crippen LogP contribution in [0.5, 0.6) is 0 Å². The van der Waals surface area contributed by atoms with E-state index in [0.29, 0.717) is 0 Å². The fraction of sp³-hybridized carbons (Fsp3) is 0.100. The van der Waals surface area contributed by atoms with E-state index in [9.17, 15) is 19.1 Å². The molecule has 25 heavy (non-hydrogen) atoms. The first-order valence-corrected chi connectivity index (χ1v) is 7.81. The molecule has 5 heteroatoms. The van der Waals surface area contributed by atoms with Gasteiger partial charge in [0.05, 0.1) is 5.56 Å². The van der Waals surface area contributed by atoms with Gasteiger partial charge in [0.15, 0.2) is 0 Å². The van der Waals surface area contributed by atoms with Crippen molar-refractivity contribution in [3.63, 3.8) is 0 Å². The molecule has 0 aliphatic rings. The molecule has 0 aliphatic carbocycles. The van der Waals surface area contributed by atoms with E-state index in [-0.39, 0.29) is 12.0 Å². The number of carbonyl (C=O) groups excluding carboxylic acids is 1. The topological polar surface area (TPSA) is 66.4 Å². The van der Waals surface area contributed by atoms with E-state index in [2.05, 4.69) is 5.32 Å². The molecule has 3 rings (SSSR count). The van der Waals surface area contributed by atoms with E-state index in [0.717, 1.165) is 22.4 Å². The molecule has 1 atom stereocenters. The molecule has 0 heterocycles. The maximum atomic E-state index is 13.7. The van der Waals surface area contributed by atoms with Crippen LogP contribution < -0.4 is 5.32 Å². The normalized spacial score (nSPS) is 11.9. The van der Waals surface area contributed by atoms with Crippen molar-refractivity contribution in [2.75, 3.05) is 0 Å². The van der Waals surface area contributed by atoms with Crippen molar-refractivity contribution in [1.29, 1.82) is 0 Å². The molecule has 0 saturated carbocycles. The minimum absolute atomic E-state index is 0.108. The van der Waals surface area contributed by atoms with E-state index >= 15 is 0 Å². The van der Waals surface area contributed by atoms with Crippen LogP contribution in [0.15, 0.2) is 66.7 Å². The molecule has 126 valence electrons. The summed E-state index contributed by atoms with van der Waals surface area (Å²) in [5, 5.41) is 13.8. The van der Waals surface area contributed by atoms with Crippen LogP contribution in [-0.4, -0.2) is 23.0 Å². The minimum Gasteiger partial charge on any atom is -0.480 e. The lowest BCUT2D eigenvalue weighted by Gasteiger charge is -2.16. The maximum Gasteiger partial charge on any atom is 0.326 e. The lowest BCUT2D eigenvalue weighted by Crippen LogP contribution is -2.42. The third-order valence-corrected chi connectivity index (χ3v) is 4.03. The van der Waals surface area contributed by atoms with Crippen LogP contribution in [0, 0.1) is 5.82 Å². The lowest BCUT2D eigenvalue weighted by molar-refractivity contribution is -0.139.